The zero-order valence-electron chi connectivity index (χ0n) is 8.87. The Morgan fingerprint density at radius 2 is 2.14 bits per heavy atom. The largest absolute Gasteiger partial charge is 0.378 e. The second kappa shape index (κ2) is 5.98. The molecular weight excluding hydrogens is 180 g/mol. The summed E-state index contributed by atoms with van der Waals surface area (Å²) in [6.45, 7) is 5.59. The number of hydrogen-bond acceptors (Lipinski definition) is 3. The molecule has 82 valence electrons. The molecule has 0 spiro atoms. The summed E-state index contributed by atoms with van der Waals surface area (Å²) in [5.74, 6) is 0.689. The van der Waals surface area contributed by atoms with Crippen LogP contribution >= 0.6 is 0 Å². The first-order valence-corrected chi connectivity index (χ1v) is 5.29. The van der Waals surface area contributed by atoms with E-state index in [-0.39, 0.29) is 5.91 Å². The van der Waals surface area contributed by atoms with Gasteiger partial charge in [-0.25, -0.2) is 0 Å². The molecule has 0 radical (unpaired) electrons. The Bertz CT molecular complexity index is 179. The zero-order valence-corrected chi connectivity index (χ0v) is 8.87. The monoisotopic (exact) mass is 200 g/mol. The van der Waals surface area contributed by atoms with Crippen molar-refractivity contribution in [1.29, 1.82) is 0 Å². The van der Waals surface area contributed by atoms with E-state index in [1.165, 1.54) is 0 Å². The highest BCUT2D eigenvalue weighted by molar-refractivity contribution is 5.76. The van der Waals surface area contributed by atoms with Crippen LogP contribution in [0.1, 0.15) is 19.8 Å². The number of ether oxygens (including phenoxy) is 1. The Kier molecular flexibility index (Phi) is 4.90. The van der Waals surface area contributed by atoms with Crippen LogP contribution in [0.25, 0.3) is 0 Å². The summed E-state index contributed by atoms with van der Waals surface area (Å²) < 4.78 is 5.18. The first-order valence-electron chi connectivity index (χ1n) is 5.29. The molecule has 1 saturated heterocycles. The van der Waals surface area contributed by atoms with E-state index in [1.807, 2.05) is 4.90 Å². The number of rotatable bonds is 4. The normalized spacial score (nSPS) is 19.4. The van der Waals surface area contributed by atoms with Crippen LogP contribution in [-0.4, -0.2) is 43.7 Å². The number of carbonyl (C=O) groups is 1. The van der Waals surface area contributed by atoms with Crippen LogP contribution in [0.3, 0.4) is 0 Å². The van der Waals surface area contributed by atoms with Gasteiger partial charge in [-0.3, -0.25) is 4.79 Å². The molecule has 1 aliphatic rings. The lowest BCUT2D eigenvalue weighted by Gasteiger charge is -2.27. The van der Waals surface area contributed by atoms with Crippen LogP contribution in [0, 0.1) is 5.92 Å². The Balaban J connectivity index is 2.19. The quantitative estimate of drug-likeness (QED) is 0.706. The van der Waals surface area contributed by atoms with E-state index >= 15 is 0 Å². The summed E-state index contributed by atoms with van der Waals surface area (Å²) >= 11 is 0. The highest BCUT2D eigenvalue weighted by atomic mass is 16.5. The Morgan fingerprint density at radius 1 is 1.50 bits per heavy atom. The average molecular weight is 200 g/mol. The van der Waals surface area contributed by atoms with E-state index in [2.05, 4.69) is 6.92 Å². The minimum Gasteiger partial charge on any atom is -0.378 e. The van der Waals surface area contributed by atoms with Crippen molar-refractivity contribution in [3.63, 3.8) is 0 Å². The average Bonchev–Trinajstić information content (AvgIpc) is 2.26. The van der Waals surface area contributed by atoms with E-state index in [9.17, 15) is 4.79 Å². The first-order chi connectivity index (χ1) is 6.74. The van der Waals surface area contributed by atoms with Gasteiger partial charge in [-0.15, -0.1) is 0 Å². The van der Waals surface area contributed by atoms with Crippen molar-refractivity contribution in [2.45, 2.75) is 19.8 Å². The molecule has 0 aromatic rings. The van der Waals surface area contributed by atoms with E-state index in [0.29, 0.717) is 32.1 Å². The fourth-order valence-electron chi connectivity index (χ4n) is 1.46. The summed E-state index contributed by atoms with van der Waals surface area (Å²) in [4.78, 5) is 13.5. The standard InChI is InChI=1S/C10H20N2O2/c1-9(8-11)2-3-10(13)12-4-6-14-7-5-12/h9H,2-8,11H2,1H3. The summed E-state index contributed by atoms with van der Waals surface area (Å²) in [5.41, 5.74) is 5.49. The Morgan fingerprint density at radius 3 is 2.71 bits per heavy atom. The lowest BCUT2D eigenvalue weighted by Crippen LogP contribution is -2.40. The molecule has 1 unspecified atom stereocenters. The molecule has 4 nitrogen and oxygen atoms in total. The molecule has 1 heterocycles. The third-order valence-electron chi connectivity index (χ3n) is 2.62. The van der Waals surface area contributed by atoms with Crippen molar-refractivity contribution in [3.05, 3.63) is 0 Å². The van der Waals surface area contributed by atoms with Crippen LogP contribution in [0.5, 0.6) is 0 Å². The molecule has 2 N–H and O–H groups in total. The van der Waals surface area contributed by atoms with Gasteiger partial charge in [0.25, 0.3) is 0 Å². The van der Waals surface area contributed by atoms with E-state index in [1.54, 1.807) is 0 Å². The van der Waals surface area contributed by atoms with Gasteiger partial charge in [-0.05, 0) is 18.9 Å². The molecule has 1 rings (SSSR count). The van der Waals surface area contributed by atoms with Gasteiger partial charge in [0.2, 0.25) is 5.91 Å². The van der Waals surface area contributed by atoms with Gasteiger partial charge in [0.15, 0.2) is 0 Å². The van der Waals surface area contributed by atoms with E-state index < -0.39 is 0 Å². The second-order valence-corrected chi connectivity index (χ2v) is 3.87. The minimum absolute atomic E-state index is 0.244. The van der Waals surface area contributed by atoms with Crippen molar-refractivity contribution >= 4 is 5.91 Å². The second-order valence-electron chi connectivity index (χ2n) is 3.87. The van der Waals surface area contributed by atoms with Gasteiger partial charge in [-0.2, -0.15) is 0 Å². The summed E-state index contributed by atoms with van der Waals surface area (Å²) in [7, 11) is 0. The van der Waals surface area contributed by atoms with Gasteiger partial charge in [-0.1, -0.05) is 6.92 Å². The van der Waals surface area contributed by atoms with Crippen LogP contribution in [-0.2, 0) is 9.53 Å². The molecule has 0 bridgehead atoms. The molecule has 1 amide bonds. The maximum atomic E-state index is 11.6. The van der Waals surface area contributed by atoms with Crippen molar-refractivity contribution in [1.82, 2.24) is 4.90 Å². The number of amides is 1. The topological polar surface area (TPSA) is 55.6 Å². The molecule has 0 aliphatic carbocycles. The fraction of sp³-hybridized carbons (Fsp3) is 0.900. The molecule has 4 heteroatoms. The number of morpholine rings is 1. The van der Waals surface area contributed by atoms with Gasteiger partial charge in [0, 0.05) is 19.5 Å². The SMILES string of the molecule is CC(CN)CCC(=O)N1CCOCC1. The number of hydrogen-bond donors (Lipinski definition) is 1. The third kappa shape index (κ3) is 3.64. The van der Waals surface area contributed by atoms with Gasteiger partial charge < -0.3 is 15.4 Å². The van der Waals surface area contributed by atoms with Crippen molar-refractivity contribution < 1.29 is 9.53 Å². The van der Waals surface area contributed by atoms with Gasteiger partial charge >= 0.3 is 0 Å². The number of carbonyl (C=O) groups excluding carboxylic acids is 1. The summed E-state index contributed by atoms with van der Waals surface area (Å²) in [6, 6.07) is 0. The smallest absolute Gasteiger partial charge is 0.222 e. The van der Waals surface area contributed by atoms with Crippen LogP contribution in [0.2, 0.25) is 0 Å². The number of nitrogens with zero attached hydrogens (tertiary/aromatic N) is 1. The highest BCUT2D eigenvalue weighted by Crippen LogP contribution is 2.07. The van der Waals surface area contributed by atoms with E-state index in [0.717, 1.165) is 19.5 Å². The summed E-state index contributed by atoms with van der Waals surface area (Å²) in [6.07, 6.45) is 1.52. The molecular formula is C10H20N2O2. The van der Waals surface area contributed by atoms with E-state index in [4.69, 9.17) is 10.5 Å². The number of nitrogens with two attached hydrogens (primary N) is 1. The first kappa shape index (κ1) is 11.5. The third-order valence-corrected chi connectivity index (χ3v) is 2.62. The van der Waals surface area contributed by atoms with Gasteiger partial charge in [0.05, 0.1) is 13.2 Å². The van der Waals surface area contributed by atoms with Crippen molar-refractivity contribution in [3.8, 4) is 0 Å². The Hall–Kier alpha value is -0.610. The van der Waals surface area contributed by atoms with Crippen molar-refractivity contribution in [2.24, 2.45) is 11.7 Å². The maximum absolute atomic E-state index is 11.6. The molecule has 1 fully saturated rings. The van der Waals surface area contributed by atoms with Gasteiger partial charge in [0.1, 0.15) is 0 Å². The predicted octanol–water partition coefficient (Wildman–Crippen LogP) is 0.220. The van der Waals surface area contributed by atoms with Crippen molar-refractivity contribution in [2.75, 3.05) is 32.8 Å². The summed E-state index contributed by atoms with van der Waals surface area (Å²) in [5, 5.41) is 0. The van der Waals surface area contributed by atoms with Crippen LogP contribution < -0.4 is 5.73 Å². The zero-order chi connectivity index (χ0) is 10.4. The Labute approximate surface area is 85.4 Å². The highest BCUT2D eigenvalue weighted by Gasteiger charge is 2.16. The lowest BCUT2D eigenvalue weighted by atomic mass is 10.1. The maximum Gasteiger partial charge on any atom is 0.222 e. The molecule has 14 heavy (non-hydrogen) atoms. The fourth-order valence-corrected chi connectivity index (χ4v) is 1.46. The molecule has 0 aromatic heterocycles. The molecule has 0 aromatic carbocycles. The van der Waals surface area contributed by atoms with Crippen LogP contribution in [0.15, 0.2) is 0 Å². The van der Waals surface area contributed by atoms with Crippen LogP contribution in [0.4, 0.5) is 0 Å². The minimum atomic E-state index is 0.244. The molecule has 0 saturated carbocycles. The lowest BCUT2D eigenvalue weighted by molar-refractivity contribution is -0.135. The molecule has 1 atom stereocenters. The molecule has 1 aliphatic heterocycles. The predicted molar refractivity (Wildman–Crippen MR) is 54.9 cm³/mol.